The second-order valence-electron chi connectivity index (χ2n) is 3.16. The first-order chi connectivity index (χ1) is 7.00. The Morgan fingerprint density at radius 2 is 2.20 bits per heavy atom. The molecule has 0 saturated carbocycles. The molecular weight excluding hydrogens is 204 g/mol. The predicted octanol–water partition coefficient (Wildman–Crippen LogP) is 1.70. The van der Waals surface area contributed by atoms with Crippen molar-refractivity contribution >= 4 is 5.97 Å². The predicted molar refractivity (Wildman–Crippen MR) is 50.4 cm³/mol. The molecule has 0 aliphatic rings. The molecule has 0 saturated heterocycles. The minimum Gasteiger partial charge on any atom is -0.480 e. The van der Waals surface area contributed by atoms with Crippen LogP contribution in [0.1, 0.15) is 18.5 Å². The van der Waals surface area contributed by atoms with Gasteiger partial charge >= 0.3 is 5.97 Å². The number of nitrogens with one attached hydrogen (secondary N) is 1. The number of carboxylic acid groups (broad SMARTS) is 1. The normalized spacial score (nSPS) is 12.5. The molecule has 0 aromatic heterocycles. The van der Waals surface area contributed by atoms with Crippen LogP contribution in [-0.2, 0) is 4.79 Å². The molecule has 0 aliphatic heterocycles. The van der Waals surface area contributed by atoms with E-state index in [2.05, 4.69) is 5.32 Å². The smallest absolute Gasteiger partial charge is 0.317 e. The number of hydrogen-bond donors (Lipinski definition) is 2. The Labute approximate surface area is 85.7 Å². The summed E-state index contributed by atoms with van der Waals surface area (Å²) in [5, 5.41) is 11.0. The van der Waals surface area contributed by atoms with Crippen molar-refractivity contribution in [3.05, 3.63) is 35.4 Å². The fraction of sp³-hybridized carbons (Fsp3) is 0.300. The van der Waals surface area contributed by atoms with Crippen molar-refractivity contribution in [2.45, 2.75) is 13.0 Å². The Morgan fingerprint density at radius 3 is 2.73 bits per heavy atom. The van der Waals surface area contributed by atoms with Crippen LogP contribution in [-0.4, -0.2) is 17.6 Å². The summed E-state index contributed by atoms with van der Waals surface area (Å²) >= 11 is 0. The zero-order chi connectivity index (χ0) is 11.4. The topological polar surface area (TPSA) is 49.3 Å². The molecule has 0 aliphatic carbocycles. The van der Waals surface area contributed by atoms with E-state index in [1.165, 1.54) is 6.07 Å². The lowest BCUT2D eigenvalue weighted by molar-refractivity contribution is -0.136. The maximum Gasteiger partial charge on any atom is 0.317 e. The fourth-order valence-electron chi connectivity index (χ4n) is 1.20. The van der Waals surface area contributed by atoms with Gasteiger partial charge in [-0.25, -0.2) is 8.78 Å². The van der Waals surface area contributed by atoms with E-state index in [1.54, 1.807) is 6.92 Å². The Kier molecular flexibility index (Phi) is 3.74. The Bertz CT molecular complexity index is 368. The highest BCUT2D eigenvalue weighted by Crippen LogP contribution is 2.17. The molecule has 0 amide bonds. The van der Waals surface area contributed by atoms with E-state index in [0.717, 1.165) is 12.1 Å². The molecule has 0 fully saturated rings. The van der Waals surface area contributed by atoms with Crippen LogP contribution < -0.4 is 5.32 Å². The van der Waals surface area contributed by atoms with Crippen LogP contribution in [0.2, 0.25) is 0 Å². The molecule has 2 N–H and O–H groups in total. The molecule has 82 valence electrons. The fourth-order valence-corrected chi connectivity index (χ4v) is 1.20. The molecule has 3 nitrogen and oxygen atoms in total. The Morgan fingerprint density at radius 1 is 1.53 bits per heavy atom. The lowest BCUT2D eigenvalue weighted by Gasteiger charge is -2.13. The van der Waals surface area contributed by atoms with Gasteiger partial charge in [0.25, 0.3) is 0 Å². The van der Waals surface area contributed by atoms with Gasteiger partial charge in [-0.1, -0.05) is 6.07 Å². The van der Waals surface area contributed by atoms with Crippen molar-refractivity contribution in [3.8, 4) is 0 Å². The maximum absolute atomic E-state index is 13.2. The number of carbonyl (C=O) groups is 1. The van der Waals surface area contributed by atoms with Crippen molar-refractivity contribution in [1.29, 1.82) is 0 Å². The summed E-state index contributed by atoms with van der Waals surface area (Å²) in [6, 6.07) is 2.73. The van der Waals surface area contributed by atoms with Gasteiger partial charge in [0.15, 0.2) is 0 Å². The number of hydrogen-bond acceptors (Lipinski definition) is 2. The summed E-state index contributed by atoms with van der Waals surface area (Å²) < 4.78 is 25.8. The molecule has 1 rings (SSSR count). The zero-order valence-corrected chi connectivity index (χ0v) is 8.13. The van der Waals surface area contributed by atoms with Crippen LogP contribution >= 0.6 is 0 Å². The minimum absolute atomic E-state index is 0.248. The number of halogens is 2. The zero-order valence-electron chi connectivity index (χ0n) is 8.13. The molecule has 15 heavy (non-hydrogen) atoms. The van der Waals surface area contributed by atoms with Gasteiger partial charge in [-0.15, -0.1) is 0 Å². The number of carboxylic acids is 1. The third kappa shape index (κ3) is 3.28. The van der Waals surface area contributed by atoms with Crippen LogP contribution in [0.4, 0.5) is 8.78 Å². The molecule has 1 aromatic carbocycles. The van der Waals surface area contributed by atoms with Crippen molar-refractivity contribution in [1.82, 2.24) is 5.32 Å². The van der Waals surface area contributed by atoms with E-state index in [-0.39, 0.29) is 12.1 Å². The quantitative estimate of drug-likeness (QED) is 0.803. The molecule has 5 heteroatoms. The van der Waals surface area contributed by atoms with Crippen LogP contribution in [0, 0.1) is 11.6 Å². The first-order valence-corrected chi connectivity index (χ1v) is 4.41. The molecule has 1 aromatic rings. The molecule has 1 atom stereocenters. The van der Waals surface area contributed by atoms with Gasteiger partial charge in [-0.05, 0) is 13.0 Å². The van der Waals surface area contributed by atoms with Crippen molar-refractivity contribution < 1.29 is 18.7 Å². The van der Waals surface area contributed by atoms with E-state index in [4.69, 9.17) is 5.11 Å². The lowest BCUT2D eigenvalue weighted by atomic mass is 10.1. The van der Waals surface area contributed by atoms with E-state index >= 15 is 0 Å². The van der Waals surface area contributed by atoms with Crippen molar-refractivity contribution in [2.75, 3.05) is 6.54 Å². The molecule has 0 radical (unpaired) electrons. The van der Waals surface area contributed by atoms with Gasteiger partial charge in [0.05, 0.1) is 6.54 Å². The lowest BCUT2D eigenvalue weighted by Crippen LogP contribution is -2.26. The highest BCUT2D eigenvalue weighted by atomic mass is 19.1. The van der Waals surface area contributed by atoms with Gasteiger partial charge in [0.1, 0.15) is 11.6 Å². The second kappa shape index (κ2) is 4.84. The summed E-state index contributed by atoms with van der Waals surface area (Å²) in [5.74, 6) is -2.36. The Balaban J connectivity index is 2.73. The largest absolute Gasteiger partial charge is 0.480 e. The van der Waals surface area contributed by atoms with E-state index in [0.29, 0.717) is 0 Å². The summed E-state index contributed by atoms with van der Waals surface area (Å²) in [6.45, 7) is 1.34. The number of aliphatic carboxylic acids is 1. The molecule has 0 bridgehead atoms. The molecular formula is C10H11F2NO2. The highest BCUT2D eigenvalue weighted by Gasteiger charge is 2.11. The number of benzene rings is 1. The molecule has 0 heterocycles. The maximum atomic E-state index is 13.2. The summed E-state index contributed by atoms with van der Waals surface area (Å²) in [4.78, 5) is 10.3. The summed E-state index contributed by atoms with van der Waals surface area (Å²) in [7, 11) is 0. The van der Waals surface area contributed by atoms with E-state index in [1.807, 2.05) is 0 Å². The SMILES string of the molecule is CC(NCC(=O)O)c1ccc(F)cc1F. The first kappa shape index (κ1) is 11.6. The average Bonchev–Trinajstić information content (AvgIpc) is 2.14. The Hall–Kier alpha value is -1.49. The van der Waals surface area contributed by atoms with Crippen molar-refractivity contribution in [3.63, 3.8) is 0 Å². The molecule has 0 spiro atoms. The van der Waals surface area contributed by atoms with E-state index < -0.39 is 23.6 Å². The van der Waals surface area contributed by atoms with Gasteiger partial charge in [0, 0.05) is 17.7 Å². The third-order valence-corrected chi connectivity index (χ3v) is 1.99. The van der Waals surface area contributed by atoms with Crippen molar-refractivity contribution in [2.24, 2.45) is 0 Å². The number of rotatable bonds is 4. The summed E-state index contributed by atoms with van der Waals surface area (Å²) in [5.41, 5.74) is 0.248. The standard InChI is InChI=1S/C10H11F2NO2/c1-6(13-5-10(14)15)8-3-2-7(11)4-9(8)12/h2-4,6,13H,5H2,1H3,(H,14,15). The van der Waals surface area contributed by atoms with Crippen LogP contribution in [0.15, 0.2) is 18.2 Å². The minimum atomic E-state index is -1.02. The first-order valence-electron chi connectivity index (χ1n) is 4.41. The second-order valence-corrected chi connectivity index (χ2v) is 3.16. The highest BCUT2D eigenvalue weighted by molar-refractivity contribution is 5.69. The monoisotopic (exact) mass is 215 g/mol. The van der Waals surface area contributed by atoms with Gasteiger partial charge < -0.3 is 10.4 Å². The van der Waals surface area contributed by atoms with Crippen LogP contribution in [0.3, 0.4) is 0 Å². The third-order valence-electron chi connectivity index (χ3n) is 1.99. The summed E-state index contributed by atoms with van der Waals surface area (Å²) in [6.07, 6.45) is 0. The average molecular weight is 215 g/mol. The van der Waals surface area contributed by atoms with Crippen LogP contribution in [0.25, 0.3) is 0 Å². The van der Waals surface area contributed by atoms with Gasteiger partial charge in [-0.3, -0.25) is 4.79 Å². The molecule has 1 unspecified atom stereocenters. The van der Waals surface area contributed by atoms with E-state index in [9.17, 15) is 13.6 Å². The van der Waals surface area contributed by atoms with Gasteiger partial charge in [0.2, 0.25) is 0 Å². The van der Waals surface area contributed by atoms with Gasteiger partial charge in [-0.2, -0.15) is 0 Å². The van der Waals surface area contributed by atoms with Crippen LogP contribution in [0.5, 0.6) is 0 Å².